The highest BCUT2D eigenvalue weighted by Gasteiger charge is 2.27. The summed E-state index contributed by atoms with van der Waals surface area (Å²) in [7, 11) is 0. The van der Waals surface area contributed by atoms with Gasteiger partial charge in [-0.15, -0.1) is 0 Å². The van der Waals surface area contributed by atoms with Gasteiger partial charge in [0.15, 0.2) is 0 Å². The third-order valence-electron chi connectivity index (χ3n) is 4.50. The molecule has 1 atom stereocenters. The fraction of sp³-hybridized carbons (Fsp3) is 0.278. The molecule has 3 heterocycles. The molecular weight excluding hydrogens is 304 g/mol. The second-order valence-electron chi connectivity index (χ2n) is 5.97. The van der Waals surface area contributed by atoms with Crippen LogP contribution in [0.3, 0.4) is 0 Å². The van der Waals surface area contributed by atoms with Gasteiger partial charge in [0.1, 0.15) is 5.76 Å². The standard InChI is InChI=1S/C18H18N4O2/c1-12-14(7-10-24-12)18(23)21-16-3-2-4-17-15(16)11-20-22(17)13-5-8-19-9-6-13/h5-11,16H,2-4H2,1H3,(H,21,23)/t16-/m0/s1. The second-order valence-corrected chi connectivity index (χ2v) is 5.97. The number of aromatic nitrogens is 3. The maximum Gasteiger partial charge on any atom is 0.255 e. The van der Waals surface area contributed by atoms with E-state index in [1.165, 1.54) is 6.26 Å². The van der Waals surface area contributed by atoms with Crippen molar-refractivity contribution in [3.63, 3.8) is 0 Å². The number of fused-ring (bicyclic) bond motifs is 1. The van der Waals surface area contributed by atoms with Crippen LogP contribution in [0.1, 0.15) is 46.3 Å². The molecule has 122 valence electrons. The minimum absolute atomic E-state index is 0.0221. The van der Waals surface area contributed by atoms with Gasteiger partial charge in [-0.05, 0) is 44.4 Å². The molecule has 0 fully saturated rings. The normalized spacial score (nSPS) is 16.6. The molecule has 0 aromatic carbocycles. The van der Waals surface area contributed by atoms with Crippen LogP contribution in [0, 0.1) is 6.92 Å². The molecule has 3 aromatic heterocycles. The third kappa shape index (κ3) is 2.50. The summed E-state index contributed by atoms with van der Waals surface area (Å²) < 4.78 is 7.17. The average molecular weight is 322 g/mol. The van der Waals surface area contributed by atoms with E-state index in [0.29, 0.717) is 11.3 Å². The summed E-state index contributed by atoms with van der Waals surface area (Å²) >= 11 is 0. The zero-order chi connectivity index (χ0) is 16.5. The van der Waals surface area contributed by atoms with Gasteiger partial charge in [0, 0.05) is 23.7 Å². The summed E-state index contributed by atoms with van der Waals surface area (Å²) in [6, 6.07) is 5.55. The number of pyridine rings is 1. The Morgan fingerprint density at radius 1 is 1.33 bits per heavy atom. The molecule has 1 amide bonds. The quantitative estimate of drug-likeness (QED) is 0.804. The van der Waals surface area contributed by atoms with Gasteiger partial charge in [-0.25, -0.2) is 4.68 Å². The molecule has 0 radical (unpaired) electrons. The molecule has 24 heavy (non-hydrogen) atoms. The molecule has 3 aromatic rings. The molecule has 0 saturated carbocycles. The fourth-order valence-corrected chi connectivity index (χ4v) is 3.27. The zero-order valence-corrected chi connectivity index (χ0v) is 13.4. The highest BCUT2D eigenvalue weighted by atomic mass is 16.3. The number of nitrogens with zero attached hydrogens (tertiary/aromatic N) is 3. The summed E-state index contributed by atoms with van der Waals surface area (Å²) in [5.41, 5.74) is 3.82. The van der Waals surface area contributed by atoms with E-state index in [-0.39, 0.29) is 11.9 Å². The van der Waals surface area contributed by atoms with Crippen LogP contribution >= 0.6 is 0 Å². The van der Waals surface area contributed by atoms with Crippen LogP contribution < -0.4 is 5.32 Å². The van der Waals surface area contributed by atoms with Crippen molar-refractivity contribution in [3.05, 3.63) is 65.6 Å². The van der Waals surface area contributed by atoms with E-state index in [9.17, 15) is 4.79 Å². The predicted octanol–water partition coefficient (Wildman–Crippen LogP) is 2.98. The molecule has 4 rings (SSSR count). The molecule has 0 bridgehead atoms. The lowest BCUT2D eigenvalue weighted by Crippen LogP contribution is -2.31. The number of hydrogen-bond acceptors (Lipinski definition) is 4. The molecule has 1 N–H and O–H groups in total. The Hall–Kier alpha value is -2.89. The molecule has 0 aliphatic heterocycles. The first-order chi connectivity index (χ1) is 11.7. The van der Waals surface area contributed by atoms with Crippen LogP contribution in [-0.2, 0) is 6.42 Å². The van der Waals surface area contributed by atoms with Crippen molar-refractivity contribution in [2.45, 2.75) is 32.2 Å². The molecule has 0 saturated heterocycles. The van der Waals surface area contributed by atoms with Crippen LogP contribution in [0.5, 0.6) is 0 Å². The lowest BCUT2D eigenvalue weighted by atomic mass is 9.92. The lowest BCUT2D eigenvalue weighted by molar-refractivity contribution is 0.0931. The second kappa shape index (κ2) is 5.96. The van der Waals surface area contributed by atoms with E-state index in [4.69, 9.17) is 4.42 Å². The van der Waals surface area contributed by atoms with E-state index in [1.54, 1.807) is 25.4 Å². The summed E-state index contributed by atoms with van der Waals surface area (Å²) in [5.74, 6) is 0.534. The number of carbonyl (C=O) groups is 1. The van der Waals surface area contributed by atoms with Crippen LogP contribution in [0.15, 0.2) is 47.5 Å². The van der Waals surface area contributed by atoms with Gasteiger partial charge in [0.05, 0.1) is 29.8 Å². The minimum Gasteiger partial charge on any atom is -0.469 e. The summed E-state index contributed by atoms with van der Waals surface area (Å²) in [6.45, 7) is 1.79. The Labute approximate surface area is 139 Å². The Morgan fingerprint density at radius 2 is 2.17 bits per heavy atom. The molecule has 1 aliphatic rings. The van der Waals surface area contributed by atoms with Crippen molar-refractivity contribution in [3.8, 4) is 5.69 Å². The first-order valence-corrected chi connectivity index (χ1v) is 8.06. The Balaban J connectivity index is 1.62. The van der Waals surface area contributed by atoms with Gasteiger partial charge in [0.25, 0.3) is 5.91 Å². The van der Waals surface area contributed by atoms with Gasteiger partial charge < -0.3 is 9.73 Å². The number of amides is 1. The van der Waals surface area contributed by atoms with E-state index >= 15 is 0 Å². The van der Waals surface area contributed by atoms with Crippen molar-refractivity contribution >= 4 is 5.91 Å². The third-order valence-corrected chi connectivity index (χ3v) is 4.50. The number of nitrogens with one attached hydrogen (secondary N) is 1. The molecule has 0 spiro atoms. The first-order valence-electron chi connectivity index (χ1n) is 8.06. The van der Waals surface area contributed by atoms with Gasteiger partial charge in [0.2, 0.25) is 0 Å². The summed E-state index contributed by atoms with van der Waals surface area (Å²) in [5, 5.41) is 7.64. The maximum absolute atomic E-state index is 12.5. The molecule has 1 aliphatic carbocycles. The molecular formula is C18H18N4O2. The predicted molar refractivity (Wildman–Crippen MR) is 87.9 cm³/mol. The molecule has 6 nitrogen and oxygen atoms in total. The van der Waals surface area contributed by atoms with E-state index in [2.05, 4.69) is 15.4 Å². The van der Waals surface area contributed by atoms with Crippen molar-refractivity contribution in [2.75, 3.05) is 0 Å². The van der Waals surface area contributed by atoms with Crippen molar-refractivity contribution in [1.82, 2.24) is 20.1 Å². The van der Waals surface area contributed by atoms with Crippen LogP contribution in [0.25, 0.3) is 5.69 Å². The number of rotatable bonds is 3. The van der Waals surface area contributed by atoms with Gasteiger partial charge in [-0.2, -0.15) is 5.10 Å². The van der Waals surface area contributed by atoms with Crippen molar-refractivity contribution < 1.29 is 9.21 Å². The average Bonchev–Trinajstić information content (AvgIpc) is 3.22. The zero-order valence-electron chi connectivity index (χ0n) is 13.4. The largest absolute Gasteiger partial charge is 0.469 e. The SMILES string of the molecule is Cc1occc1C(=O)N[C@H]1CCCc2c1cnn2-c1ccncc1. The maximum atomic E-state index is 12.5. The van der Waals surface area contributed by atoms with Crippen LogP contribution in [-0.4, -0.2) is 20.7 Å². The molecule has 0 unspecified atom stereocenters. The highest BCUT2D eigenvalue weighted by Crippen LogP contribution is 2.31. The Kier molecular flexibility index (Phi) is 3.65. The van der Waals surface area contributed by atoms with Gasteiger partial charge in [-0.3, -0.25) is 9.78 Å². The molecule has 6 heteroatoms. The highest BCUT2D eigenvalue weighted by molar-refractivity contribution is 5.95. The van der Waals surface area contributed by atoms with Crippen LogP contribution in [0.4, 0.5) is 0 Å². The number of hydrogen-bond donors (Lipinski definition) is 1. The van der Waals surface area contributed by atoms with Crippen molar-refractivity contribution in [1.29, 1.82) is 0 Å². The van der Waals surface area contributed by atoms with Crippen molar-refractivity contribution in [2.24, 2.45) is 0 Å². The fourth-order valence-electron chi connectivity index (χ4n) is 3.27. The smallest absolute Gasteiger partial charge is 0.255 e. The van der Waals surface area contributed by atoms with E-state index < -0.39 is 0 Å². The monoisotopic (exact) mass is 322 g/mol. The summed E-state index contributed by atoms with van der Waals surface area (Å²) in [4.78, 5) is 16.5. The number of aryl methyl sites for hydroxylation is 1. The van der Waals surface area contributed by atoms with Gasteiger partial charge in [-0.1, -0.05) is 0 Å². The number of furan rings is 1. The minimum atomic E-state index is -0.101. The lowest BCUT2D eigenvalue weighted by Gasteiger charge is -2.24. The van der Waals surface area contributed by atoms with E-state index in [1.807, 2.05) is 23.0 Å². The summed E-state index contributed by atoms with van der Waals surface area (Å²) in [6.07, 6.45) is 9.80. The van der Waals surface area contributed by atoms with E-state index in [0.717, 1.165) is 36.2 Å². The Bertz CT molecular complexity index is 866. The topological polar surface area (TPSA) is 73.0 Å². The van der Waals surface area contributed by atoms with Gasteiger partial charge >= 0.3 is 0 Å². The number of carbonyl (C=O) groups excluding carboxylic acids is 1. The van der Waals surface area contributed by atoms with Crippen LogP contribution in [0.2, 0.25) is 0 Å². The Morgan fingerprint density at radius 3 is 2.92 bits per heavy atom. The first kappa shape index (κ1) is 14.7.